The van der Waals surface area contributed by atoms with E-state index in [4.69, 9.17) is 5.73 Å². The molecule has 3 nitrogen and oxygen atoms in total. The van der Waals surface area contributed by atoms with Crippen molar-refractivity contribution in [2.75, 3.05) is 0 Å². The van der Waals surface area contributed by atoms with Crippen LogP contribution >= 0.6 is 0 Å². The maximum absolute atomic E-state index is 11.0. The average Bonchev–Trinajstić information content (AvgIpc) is 2.60. The second-order valence-corrected chi connectivity index (χ2v) is 3.41. The average molecular weight is 188 g/mol. The van der Waals surface area contributed by atoms with Gasteiger partial charge in [-0.1, -0.05) is 24.3 Å². The van der Waals surface area contributed by atoms with E-state index in [0.717, 1.165) is 16.5 Å². The number of rotatable bonds is 2. The fourth-order valence-corrected chi connectivity index (χ4v) is 1.60. The molecule has 1 aromatic heterocycles. The molecular formula is C11H12N2O. The number of H-pyrrole nitrogens is 1. The van der Waals surface area contributed by atoms with Crippen molar-refractivity contribution in [2.45, 2.75) is 12.8 Å². The summed E-state index contributed by atoms with van der Waals surface area (Å²) < 4.78 is 0. The lowest BCUT2D eigenvalue weighted by Crippen LogP contribution is -2.19. The van der Waals surface area contributed by atoms with E-state index in [1.807, 2.05) is 30.5 Å². The van der Waals surface area contributed by atoms with Crippen molar-refractivity contribution in [2.24, 2.45) is 5.73 Å². The summed E-state index contributed by atoms with van der Waals surface area (Å²) in [5.74, 6) is -0.576. The third-order valence-corrected chi connectivity index (χ3v) is 2.49. The number of nitrogens with two attached hydrogens (primary N) is 1. The molecule has 14 heavy (non-hydrogen) atoms. The second-order valence-electron chi connectivity index (χ2n) is 3.41. The highest BCUT2D eigenvalue weighted by Crippen LogP contribution is 2.24. The number of nitrogens with one attached hydrogen (secondary N) is 1. The number of amides is 1. The molecule has 0 aliphatic carbocycles. The molecule has 0 fully saturated rings. The van der Waals surface area contributed by atoms with Gasteiger partial charge in [0.25, 0.3) is 0 Å². The zero-order valence-electron chi connectivity index (χ0n) is 7.95. The lowest BCUT2D eigenvalue weighted by atomic mass is 10.0. The fourth-order valence-electron chi connectivity index (χ4n) is 1.60. The van der Waals surface area contributed by atoms with Gasteiger partial charge < -0.3 is 10.7 Å². The Labute approximate surface area is 81.9 Å². The minimum Gasteiger partial charge on any atom is -0.369 e. The Hall–Kier alpha value is -1.77. The molecule has 0 aliphatic rings. The lowest BCUT2D eigenvalue weighted by molar-refractivity contribution is -0.119. The van der Waals surface area contributed by atoms with Crippen LogP contribution in [-0.4, -0.2) is 10.9 Å². The van der Waals surface area contributed by atoms with Gasteiger partial charge in [-0.15, -0.1) is 0 Å². The summed E-state index contributed by atoms with van der Waals surface area (Å²) in [5.41, 5.74) is 6.16. The Morgan fingerprint density at radius 1 is 1.43 bits per heavy atom. The van der Waals surface area contributed by atoms with E-state index in [9.17, 15) is 4.79 Å². The van der Waals surface area contributed by atoms with E-state index in [-0.39, 0.29) is 11.8 Å². The van der Waals surface area contributed by atoms with Crippen molar-refractivity contribution in [3.63, 3.8) is 0 Å². The molecule has 3 heteroatoms. The standard InChI is InChI=1S/C11H12N2O/c1-7(11(12)14)10-9-5-3-2-4-8(9)6-13-10/h2-7,13H,1H3,(H2,12,14). The van der Waals surface area contributed by atoms with Gasteiger partial charge in [-0.25, -0.2) is 0 Å². The second kappa shape index (κ2) is 3.18. The van der Waals surface area contributed by atoms with Crippen LogP contribution in [0.2, 0.25) is 0 Å². The van der Waals surface area contributed by atoms with Crippen LogP contribution in [0, 0.1) is 0 Å². The van der Waals surface area contributed by atoms with Gasteiger partial charge in [-0.2, -0.15) is 0 Å². The predicted molar refractivity (Wildman–Crippen MR) is 55.9 cm³/mol. The highest BCUT2D eigenvalue weighted by atomic mass is 16.1. The van der Waals surface area contributed by atoms with Crippen molar-refractivity contribution < 1.29 is 4.79 Å². The van der Waals surface area contributed by atoms with Gasteiger partial charge in [-0.3, -0.25) is 4.79 Å². The molecule has 3 N–H and O–H groups in total. The molecule has 1 atom stereocenters. The molecule has 0 radical (unpaired) electrons. The molecule has 0 saturated heterocycles. The van der Waals surface area contributed by atoms with Gasteiger partial charge in [0.1, 0.15) is 0 Å². The van der Waals surface area contributed by atoms with Gasteiger partial charge in [0.2, 0.25) is 5.91 Å². The summed E-state index contributed by atoms with van der Waals surface area (Å²) in [6, 6.07) is 7.91. The number of hydrogen-bond donors (Lipinski definition) is 2. The van der Waals surface area contributed by atoms with E-state index >= 15 is 0 Å². The van der Waals surface area contributed by atoms with Crippen molar-refractivity contribution in [3.8, 4) is 0 Å². The molecule has 0 spiro atoms. The van der Waals surface area contributed by atoms with E-state index in [1.54, 1.807) is 6.92 Å². The first kappa shape index (κ1) is 8.81. The number of hydrogen-bond acceptors (Lipinski definition) is 1. The van der Waals surface area contributed by atoms with Crippen LogP contribution in [0.15, 0.2) is 30.5 Å². The van der Waals surface area contributed by atoms with Crippen molar-refractivity contribution in [3.05, 3.63) is 36.2 Å². The zero-order valence-corrected chi connectivity index (χ0v) is 7.95. The summed E-state index contributed by atoms with van der Waals surface area (Å²) in [5, 5.41) is 2.18. The smallest absolute Gasteiger partial charge is 0.226 e. The molecule has 1 amide bonds. The van der Waals surface area contributed by atoms with Crippen LogP contribution < -0.4 is 5.73 Å². The largest absolute Gasteiger partial charge is 0.369 e. The molecular weight excluding hydrogens is 176 g/mol. The first-order valence-electron chi connectivity index (χ1n) is 4.55. The first-order valence-corrected chi connectivity index (χ1v) is 4.55. The van der Waals surface area contributed by atoms with Crippen molar-refractivity contribution in [1.29, 1.82) is 0 Å². The minimum absolute atomic E-state index is 0.269. The van der Waals surface area contributed by atoms with Gasteiger partial charge in [-0.05, 0) is 12.3 Å². The van der Waals surface area contributed by atoms with Crippen LogP contribution in [0.3, 0.4) is 0 Å². The molecule has 0 saturated carbocycles. The van der Waals surface area contributed by atoms with Gasteiger partial charge >= 0.3 is 0 Å². The highest BCUT2D eigenvalue weighted by molar-refractivity contribution is 5.91. The molecule has 0 aliphatic heterocycles. The maximum Gasteiger partial charge on any atom is 0.226 e. The molecule has 2 aromatic rings. The first-order chi connectivity index (χ1) is 6.70. The third-order valence-electron chi connectivity index (χ3n) is 2.49. The van der Waals surface area contributed by atoms with Crippen LogP contribution in [0.5, 0.6) is 0 Å². The Bertz CT molecular complexity index is 473. The summed E-state index contributed by atoms with van der Waals surface area (Å²) in [4.78, 5) is 14.1. The minimum atomic E-state index is -0.308. The monoisotopic (exact) mass is 188 g/mol. The van der Waals surface area contributed by atoms with Gasteiger partial charge in [0, 0.05) is 17.3 Å². The van der Waals surface area contributed by atoms with E-state index < -0.39 is 0 Å². The highest BCUT2D eigenvalue weighted by Gasteiger charge is 2.15. The molecule has 72 valence electrons. The number of primary amides is 1. The van der Waals surface area contributed by atoms with E-state index in [1.165, 1.54) is 0 Å². The molecule has 2 rings (SSSR count). The number of aromatic amines is 1. The van der Waals surface area contributed by atoms with Gasteiger partial charge in [0.15, 0.2) is 0 Å². The Balaban J connectivity index is 2.58. The van der Waals surface area contributed by atoms with Crippen molar-refractivity contribution in [1.82, 2.24) is 4.98 Å². The van der Waals surface area contributed by atoms with Crippen LogP contribution in [-0.2, 0) is 4.79 Å². The zero-order chi connectivity index (χ0) is 10.1. The number of carbonyl (C=O) groups is 1. The maximum atomic E-state index is 11.0. The summed E-state index contributed by atoms with van der Waals surface area (Å²) >= 11 is 0. The summed E-state index contributed by atoms with van der Waals surface area (Å²) in [6.45, 7) is 1.81. The van der Waals surface area contributed by atoms with E-state index in [0.29, 0.717) is 0 Å². The van der Waals surface area contributed by atoms with Crippen molar-refractivity contribution >= 4 is 16.7 Å². The molecule has 0 bridgehead atoms. The molecule has 1 heterocycles. The Kier molecular flexibility index (Phi) is 2.00. The predicted octanol–water partition coefficient (Wildman–Crippen LogP) is 1.76. The van der Waals surface area contributed by atoms with Crippen LogP contribution in [0.25, 0.3) is 10.8 Å². The molecule has 1 unspecified atom stereocenters. The number of benzene rings is 1. The lowest BCUT2D eigenvalue weighted by Gasteiger charge is -2.05. The number of fused-ring (bicyclic) bond motifs is 1. The number of carbonyl (C=O) groups excluding carboxylic acids is 1. The fraction of sp³-hybridized carbons (Fsp3) is 0.182. The number of aromatic nitrogens is 1. The quantitative estimate of drug-likeness (QED) is 0.741. The Morgan fingerprint density at radius 3 is 2.86 bits per heavy atom. The molecule has 1 aromatic carbocycles. The SMILES string of the molecule is CC(C(N)=O)c1[nH]cc2ccccc12. The third kappa shape index (κ3) is 1.27. The van der Waals surface area contributed by atoms with Crippen LogP contribution in [0.4, 0.5) is 0 Å². The summed E-state index contributed by atoms with van der Waals surface area (Å²) in [7, 11) is 0. The van der Waals surface area contributed by atoms with E-state index in [2.05, 4.69) is 4.98 Å². The summed E-state index contributed by atoms with van der Waals surface area (Å²) in [6.07, 6.45) is 1.89. The Morgan fingerprint density at radius 2 is 2.14 bits per heavy atom. The van der Waals surface area contributed by atoms with Gasteiger partial charge in [0.05, 0.1) is 5.92 Å². The normalized spacial score (nSPS) is 12.9. The van der Waals surface area contributed by atoms with Crippen LogP contribution in [0.1, 0.15) is 18.5 Å². The topological polar surface area (TPSA) is 58.9 Å².